The number of primary amides is 1. The molecule has 12 heteroatoms. The number of hydrogen-bond acceptors (Lipinski definition) is 8. The largest absolute Gasteiger partial charge is 0.379 e. The van der Waals surface area contributed by atoms with E-state index in [9.17, 15) is 14.4 Å². The molecule has 0 saturated carbocycles. The molecule has 0 unspecified atom stereocenters. The third-order valence-corrected chi connectivity index (χ3v) is 6.77. The highest BCUT2D eigenvalue weighted by Gasteiger charge is 2.42. The van der Waals surface area contributed by atoms with Crippen LogP contribution in [0, 0.1) is 0 Å². The molecule has 2 fully saturated rings. The molecule has 2 rings (SSSR count). The summed E-state index contributed by atoms with van der Waals surface area (Å²) < 4.78 is 21.3. The molecular formula is C21H38N4O7S. The van der Waals surface area contributed by atoms with Crippen LogP contribution in [0.2, 0.25) is 0 Å². The smallest absolute Gasteiger partial charge is 0.315 e. The lowest BCUT2D eigenvalue weighted by molar-refractivity contribution is -0.121. The predicted octanol–water partition coefficient (Wildman–Crippen LogP) is -0.230. The Hall–Kier alpha value is -1.60. The highest BCUT2D eigenvalue weighted by molar-refractivity contribution is 8.00. The fraction of sp³-hybridized carbons (Fsp3) is 0.857. The molecule has 33 heavy (non-hydrogen) atoms. The summed E-state index contributed by atoms with van der Waals surface area (Å²) in [6.07, 6.45) is 3.56. The fourth-order valence-corrected chi connectivity index (χ4v) is 5.10. The van der Waals surface area contributed by atoms with E-state index in [4.69, 9.17) is 24.7 Å². The van der Waals surface area contributed by atoms with Gasteiger partial charge in [-0.15, -0.1) is 0 Å². The molecule has 11 nitrogen and oxygen atoms in total. The summed E-state index contributed by atoms with van der Waals surface area (Å²) in [5.41, 5.74) is 5.00. The van der Waals surface area contributed by atoms with Crippen molar-refractivity contribution in [2.45, 2.75) is 49.4 Å². The van der Waals surface area contributed by atoms with Crippen LogP contribution < -0.4 is 21.7 Å². The molecule has 0 spiro atoms. The maximum atomic E-state index is 11.9. The minimum Gasteiger partial charge on any atom is -0.379 e. The van der Waals surface area contributed by atoms with Gasteiger partial charge in [-0.25, -0.2) is 4.79 Å². The highest BCUT2D eigenvalue weighted by atomic mass is 32.2. The lowest BCUT2D eigenvalue weighted by Gasteiger charge is -2.16. The van der Waals surface area contributed by atoms with Gasteiger partial charge in [0.2, 0.25) is 11.8 Å². The maximum absolute atomic E-state index is 11.9. The van der Waals surface area contributed by atoms with E-state index in [2.05, 4.69) is 16.0 Å². The quantitative estimate of drug-likeness (QED) is 0.135. The molecule has 2 aliphatic rings. The van der Waals surface area contributed by atoms with Crippen molar-refractivity contribution >= 4 is 29.6 Å². The number of amides is 4. The van der Waals surface area contributed by atoms with E-state index in [1.54, 1.807) is 0 Å². The normalized spacial score (nSPS) is 21.5. The molecule has 0 aliphatic carbocycles. The molecule has 2 heterocycles. The molecule has 5 N–H and O–H groups in total. The van der Waals surface area contributed by atoms with Gasteiger partial charge in [0.05, 0.1) is 64.9 Å². The number of hydrogen-bond donors (Lipinski definition) is 4. The molecule has 2 saturated heterocycles. The average Bonchev–Trinajstić information content (AvgIpc) is 3.33. The lowest BCUT2D eigenvalue weighted by atomic mass is 10.0. The summed E-state index contributed by atoms with van der Waals surface area (Å²) in [5, 5.41) is 9.24. The number of fused-ring (bicyclic) bond motifs is 1. The van der Waals surface area contributed by atoms with Crippen molar-refractivity contribution < 1.29 is 33.3 Å². The number of urea groups is 1. The third-order valence-electron chi connectivity index (χ3n) is 5.26. The average molecular weight is 491 g/mol. The maximum Gasteiger partial charge on any atom is 0.315 e. The third kappa shape index (κ3) is 12.4. The minimum absolute atomic E-state index is 0.0402. The second kappa shape index (κ2) is 16.9. The summed E-state index contributed by atoms with van der Waals surface area (Å²) >= 11 is 1.90. The Kier molecular flexibility index (Phi) is 14.2. The van der Waals surface area contributed by atoms with Gasteiger partial charge in [-0.1, -0.05) is 6.42 Å². The van der Waals surface area contributed by atoms with E-state index in [-0.39, 0.29) is 36.3 Å². The molecule has 0 aromatic heterocycles. The van der Waals surface area contributed by atoms with Crippen molar-refractivity contribution in [2.24, 2.45) is 5.73 Å². The van der Waals surface area contributed by atoms with Crippen molar-refractivity contribution in [3.05, 3.63) is 0 Å². The number of nitrogens with two attached hydrogens (primary N) is 1. The molecule has 0 bridgehead atoms. The molecule has 0 aromatic carbocycles. The topological polar surface area (TPSA) is 150 Å². The number of carbonyl (C=O) groups excluding carboxylic acids is 3. The first-order valence-corrected chi connectivity index (χ1v) is 12.7. The first-order valence-electron chi connectivity index (χ1n) is 11.6. The molecular weight excluding hydrogens is 452 g/mol. The van der Waals surface area contributed by atoms with Crippen LogP contribution in [-0.2, 0) is 28.5 Å². The minimum atomic E-state index is -0.378. The van der Waals surface area contributed by atoms with E-state index in [1.807, 2.05) is 11.8 Å². The molecule has 190 valence electrons. The zero-order valence-electron chi connectivity index (χ0n) is 19.2. The summed E-state index contributed by atoms with van der Waals surface area (Å²) in [6.45, 7) is 3.94. The standard InChI is InChI=1S/C21H38N4O7S/c22-18(26)5-7-29-9-11-31-13-14-32-12-10-30-8-6-23-19(27)4-2-1-3-17-20-16(15-33-17)24-21(28)25-20/h16-17,20H,1-15H2,(H2,22,26)(H,23,27)(H2,24,25,28)/t16-,17-,20-/m0/s1. The zero-order valence-corrected chi connectivity index (χ0v) is 20.0. The summed E-state index contributed by atoms with van der Waals surface area (Å²) in [6, 6.07) is 0.417. The van der Waals surface area contributed by atoms with E-state index in [0.717, 1.165) is 25.0 Å². The van der Waals surface area contributed by atoms with Gasteiger partial charge >= 0.3 is 6.03 Å². The van der Waals surface area contributed by atoms with Gasteiger partial charge < -0.3 is 40.6 Å². The van der Waals surface area contributed by atoms with Gasteiger partial charge in [0.25, 0.3) is 0 Å². The number of unbranched alkanes of at least 4 members (excludes halogenated alkanes) is 1. The Morgan fingerprint density at radius 3 is 2.21 bits per heavy atom. The zero-order chi connectivity index (χ0) is 23.7. The van der Waals surface area contributed by atoms with Gasteiger partial charge in [0, 0.05) is 30.4 Å². The first kappa shape index (κ1) is 27.6. The molecule has 4 amide bonds. The molecule has 3 atom stereocenters. The Balaban J connectivity index is 1.28. The van der Waals surface area contributed by atoms with Crippen molar-refractivity contribution in [1.82, 2.24) is 16.0 Å². The number of thioether (sulfide) groups is 1. The number of rotatable bonds is 20. The Labute approximate surface area is 199 Å². The van der Waals surface area contributed by atoms with Gasteiger partial charge in [-0.05, 0) is 12.8 Å². The first-order chi connectivity index (χ1) is 16.1. The second-order valence-electron chi connectivity index (χ2n) is 7.88. The second-order valence-corrected chi connectivity index (χ2v) is 9.16. The van der Waals surface area contributed by atoms with Gasteiger partial charge in [-0.3, -0.25) is 9.59 Å². The van der Waals surface area contributed by atoms with Gasteiger partial charge in [0.1, 0.15) is 0 Å². The Bertz CT molecular complexity index is 599. The Morgan fingerprint density at radius 2 is 1.55 bits per heavy atom. The molecule has 2 aliphatic heterocycles. The van der Waals surface area contributed by atoms with Crippen LogP contribution in [0.3, 0.4) is 0 Å². The number of carbonyl (C=O) groups is 3. The van der Waals surface area contributed by atoms with E-state index in [1.165, 1.54) is 0 Å². The van der Waals surface area contributed by atoms with Crippen molar-refractivity contribution in [3.63, 3.8) is 0 Å². The van der Waals surface area contributed by atoms with E-state index >= 15 is 0 Å². The van der Waals surface area contributed by atoms with Crippen LogP contribution in [0.1, 0.15) is 32.1 Å². The number of nitrogens with one attached hydrogen (secondary N) is 3. The highest BCUT2D eigenvalue weighted by Crippen LogP contribution is 2.33. The van der Waals surface area contributed by atoms with Crippen LogP contribution in [0.5, 0.6) is 0 Å². The van der Waals surface area contributed by atoms with Crippen LogP contribution in [0.4, 0.5) is 4.79 Å². The van der Waals surface area contributed by atoms with Gasteiger partial charge in [0.15, 0.2) is 0 Å². The predicted molar refractivity (Wildman–Crippen MR) is 124 cm³/mol. The molecule has 0 aromatic rings. The van der Waals surface area contributed by atoms with E-state index < -0.39 is 0 Å². The monoisotopic (exact) mass is 490 g/mol. The summed E-state index contributed by atoms with van der Waals surface area (Å²) in [5.74, 6) is 0.624. The van der Waals surface area contributed by atoms with E-state index in [0.29, 0.717) is 71.1 Å². The summed E-state index contributed by atoms with van der Waals surface area (Å²) in [7, 11) is 0. The van der Waals surface area contributed by atoms with Gasteiger partial charge in [-0.2, -0.15) is 11.8 Å². The van der Waals surface area contributed by atoms with Crippen LogP contribution in [-0.4, -0.2) is 100 Å². The van der Waals surface area contributed by atoms with Crippen LogP contribution >= 0.6 is 11.8 Å². The lowest BCUT2D eigenvalue weighted by Crippen LogP contribution is -2.36. The van der Waals surface area contributed by atoms with Crippen molar-refractivity contribution in [3.8, 4) is 0 Å². The van der Waals surface area contributed by atoms with Crippen LogP contribution in [0.15, 0.2) is 0 Å². The van der Waals surface area contributed by atoms with Crippen molar-refractivity contribution in [2.75, 3.05) is 65.2 Å². The molecule has 0 radical (unpaired) electrons. The fourth-order valence-electron chi connectivity index (χ4n) is 3.56. The SMILES string of the molecule is NC(=O)CCOCCOCCOCCOCCNC(=O)CCCC[C@@H]1SC[C@@H]2NC(=O)N[C@@H]21. The van der Waals surface area contributed by atoms with Crippen LogP contribution in [0.25, 0.3) is 0 Å². The Morgan fingerprint density at radius 1 is 0.909 bits per heavy atom. The summed E-state index contributed by atoms with van der Waals surface area (Å²) in [4.78, 5) is 33.8. The van der Waals surface area contributed by atoms with Crippen molar-refractivity contribution in [1.29, 1.82) is 0 Å². The number of ether oxygens (including phenoxy) is 4.